The fourth-order valence-electron chi connectivity index (χ4n) is 2.47. The van der Waals surface area contributed by atoms with Crippen molar-refractivity contribution in [2.45, 2.75) is 25.8 Å². The molecule has 116 valence electrons. The molecule has 0 radical (unpaired) electrons. The van der Waals surface area contributed by atoms with Crippen molar-refractivity contribution in [3.63, 3.8) is 0 Å². The number of rotatable bonds is 6. The zero-order valence-corrected chi connectivity index (χ0v) is 11.9. The Kier molecular flexibility index (Phi) is 5.50. The molecule has 2 rings (SSSR count). The lowest BCUT2D eigenvalue weighted by atomic mass is 9.87. The van der Waals surface area contributed by atoms with Gasteiger partial charge in [-0.25, -0.2) is 8.78 Å². The Morgan fingerprint density at radius 1 is 1.48 bits per heavy atom. The summed E-state index contributed by atoms with van der Waals surface area (Å²) in [7, 11) is 0. The van der Waals surface area contributed by atoms with Gasteiger partial charge in [-0.05, 0) is 25.0 Å². The molecule has 0 bridgehead atoms. The van der Waals surface area contributed by atoms with Gasteiger partial charge in [-0.1, -0.05) is 18.2 Å². The topological polar surface area (TPSA) is 50.4 Å². The number of anilines is 1. The number of carbonyl (C=O) groups is 1. The Labute approximate surface area is 122 Å². The van der Waals surface area contributed by atoms with Crippen LogP contribution in [0.4, 0.5) is 14.5 Å². The molecule has 1 aliphatic heterocycles. The van der Waals surface area contributed by atoms with Crippen LogP contribution in [0.5, 0.6) is 0 Å². The van der Waals surface area contributed by atoms with Gasteiger partial charge in [-0.3, -0.25) is 4.79 Å². The van der Waals surface area contributed by atoms with Crippen LogP contribution in [-0.2, 0) is 16.0 Å². The molecule has 2 unspecified atom stereocenters. The quantitative estimate of drug-likeness (QED) is 0.790. The molecule has 0 aliphatic carbocycles. The molecule has 1 amide bonds. The van der Waals surface area contributed by atoms with Gasteiger partial charge in [0.25, 0.3) is 6.43 Å². The number of benzene rings is 1. The minimum atomic E-state index is -2.47. The second kappa shape index (κ2) is 7.36. The number of amides is 1. The monoisotopic (exact) mass is 298 g/mol. The third kappa shape index (κ3) is 4.39. The highest BCUT2D eigenvalue weighted by atomic mass is 19.3. The molecule has 2 N–H and O–H groups in total. The summed E-state index contributed by atoms with van der Waals surface area (Å²) >= 11 is 0. The first-order valence-corrected chi connectivity index (χ1v) is 7.06. The first kappa shape index (κ1) is 15.7. The van der Waals surface area contributed by atoms with Gasteiger partial charge in [-0.15, -0.1) is 0 Å². The van der Waals surface area contributed by atoms with Crippen molar-refractivity contribution < 1.29 is 18.3 Å². The van der Waals surface area contributed by atoms with Crippen molar-refractivity contribution in [3.05, 3.63) is 29.8 Å². The van der Waals surface area contributed by atoms with E-state index in [1.165, 1.54) is 0 Å². The molecule has 0 saturated carbocycles. The van der Waals surface area contributed by atoms with Gasteiger partial charge in [0.05, 0.1) is 12.5 Å². The average Bonchev–Trinajstić information content (AvgIpc) is 2.45. The summed E-state index contributed by atoms with van der Waals surface area (Å²) < 4.78 is 28.5. The maximum absolute atomic E-state index is 12.2. The number of hydrogen-bond acceptors (Lipinski definition) is 3. The van der Waals surface area contributed by atoms with E-state index in [1.54, 1.807) is 0 Å². The molecule has 4 nitrogen and oxygen atoms in total. The summed E-state index contributed by atoms with van der Waals surface area (Å²) in [6.45, 7) is 1.72. The Balaban J connectivity index is 1.80. The summed E-state index contributed by atoms with van der Waals surface area (Å²) in [5.74, 6) is -0.250. The summed E-state index contributed by atoms with van der Waals surface area (Å²) in [4.78, 5) is 12.2. The number of alkyl halides is 2. The van der Waals surface area contributed by atoms with Gasteiger partial charge in [0.2, 0.25) is 5.91 Å². The first-order valence-electron chi connectivity index (χ1n) is 7.06. The normalized spacial score (nSPS) is 20.8. The summed E-state index contributed by atoms with van der Waals surface area (Å²) in [6.07, 6.45) is -1.80. The van der Waals surface area contributed by atoms with Gasteiger partial charge in [0, 0.05) is 18.3 Å². The smallest absolute Gasteiger partial charge is 0.261 e. The van der Waals surface area contributed by atoms with Crippen LogP contribution in [0.2, 0.25) is 0 Å². The van der Waals surface area contributed by atoms with E-state index in [1.807, 2.05) is 31.2 Å². The molecule has 0 spiro atoms. The molecule has 2 atom stereocenters. The van der Waals surface area contributed by atoms with Gasteiger partial charge in [-0.2, -0.15) is 0 Å². The maximum Gasteiger partial charge on any atom is 0.261 e. The standard InChI is InChI=1S/C15H20F2N2O2/c1-10-12(8-11-4-2-3-5-13(11)19-10)15(20)18-6-7-21-9-14(16)17/h2-5,10,12,14,19H,6-9H2,1H3,(H,18,20). The number of ether oxygens (including phenoxy) is 1. The molecule has 1 aromatic carbocycles. The Morgan fingerprint density at radius 3 is 3.00 bits per heavy atom. The average molecular weight is 298 g/mol. The molecular formula is C15H20F2N2O2. The van der Waals surface area contributed by atoms with Crippen LogP contribution in [0.1, 0.15) is 12.5 Å². The second-order valence-corrected chi connectivity index (χ2v) is 5.16. The van der Waals surface area contributed by atoms with E-state index in [9.17, 15) is 13.6 Å². The molecule has 0 fully saturated rings. The molecule has 1 aliphatic rings. The first-order chi connectivity index (χ1) is 10.1. The number of para-hydroxylation sites is 1. The zero-order chi connectivity index (χ0) is 15.2. The molecule has 0 saturated heterocycles. The lowest BCUT2D eigenvalue weighted by Gasteiger charge is -2.31. The fraction of sp³-hybridized carbons (Fsp3) is 0.533. The van der Waals surface area contributed by atoms with E-state index in [0.29, 0.717) is 6.42 Å². The van der Waals surface area contributed by atoms with E-state index >= 15 is 0 Å². The highest BCUT2D eigenvalue weighted by Gasteiger charge is 2.29. The van der Waals surface area contributed by atoms with Crippen LogP contribution in [-0.4, -0.2) is 38.1 Å². The largest absolute Gasteiger partial charge is 0.382 e. The summed E-state index contributed by atoms with van der Waals surface area (Å²) in [5, 5.41) is 6.05. The molecule has 6 heteroatoms. The van der Waals surface area contributed by atoms with Crippen molar-refractivity contribution in [3.8, 4) is 0 Å². The lowest BCUT2D eigenvalue weighted by Crippen LogP contribution is -2.44. The van der Waals surface area contributed by atoms with E-state index in [4.69, 9.17) is 4.74 Å². The predicted octanol–water partition coefficient (Wildman–Crippen LogP) is 2.06. The van der Waals surface area contributed by atoms with Gasteiger partial charge in [0.15, 0.2) is 0 Å². The minimum absolute atomic E-state index is 0.0295. The van der Waals surface area contributed by atoms with Crippen LogP contribution >= 0.6 is 0 Å². The maximum atomic E-state index is 12.2. The Hall–Kier alpha value is -1.69. The number of nitrogens with one attached hydrogen (secondary N) is 2. The summed E-state index contributed by atoms with van der Waals surface area (Å²) in [5.41, 5.74) is 2.18. The fourth-order valence-corrected chi connectivity index (χ4v) is 2.47. The van der Waals surface area contributed by atoms with Crippen molar-refractivity contribution in [2.24, 2.45) is 5.92 Å². The lowest BCUT2D eigenvalue weighted by molar-refractivity contribution is -0.125. The number of hydrogen-bond donors (Lipinski definition) is 2. The van der Waals surface area contributed by atoms with Crippen LogP contribution in [0.25, 0.3) is 0 Å². The third-order valence-corrected chi connectivity index (χ3v) is 3.57. The Morgan fingerprint density at radius 2 is 2.24 bits per heavy atom. The van der Waals surface area contributed by atoms with Crippen LogP contribution < -0.4 is 10.6 Å². The number of fused-ring (bicyclic) bond motifs is 1. The van der Waals surface area contributed by atoms with Gasteiger partial charge in [0.1, 0.15) is 6.61 Å². The Bertz CT molecular complexity index is 482. The molecular weight excluding hydrogens is 278 g/mol. The molecule has 1 aromatic rings. The highest BCUT2D eigenvalue weighted by molar-refractivity contribution is 5.81. The van der Waals surface area contributed by atoms with E-state index in [2.05, 4.69) is 10.6 Å². The minimum Gasteiger partial charge on any atom is -0.382 e. The molecule has 21 heavy (non-hydrogen) atoms. The van der Waals surface area contributed by atoms with Gasteiger partial charge >= 0.3 is 0 Å². The van der Waals surface area contributed by atoms with Crippen LogP contribution in [0.15, 0.2) is 24.3 Å². The number of carbonyl (C=O) groups excluding carboxylic acids is 1. The van der Waals surface area contributed by atoms with Crippen molar-refractivity contribution in [1.82, 2.24) is 5.32 Å². The molecule has 1 heterocycles. The second-order valence-electron chi connectivity index (χ2n) is 5.16. The van der Waals surface area contributed by atoms with Crippen molar-refractivity contribution in [1.29, 1.82) is 0 Å². The number of halogens is 2. The van der Waals surface area contributed by atoms with Crippen molar-refractivity contribution >= 4 is 11.6 Å². The van der Waals surface area contributed by atoms with Crippen LogP contribution in [0, 0.1) is 5.92 Å². The SMILES string of the molecule is CC1Nc2ccccc2CC1C(=O)NCCOCC(F)F. The van der Waals surface area contributed by atoms with Gasteiger partial charge < -0.3 is 15.4 Å². The summed E-state index contributed by atoms with van der Waals surface area (Å²) in [6, 6.07) is 7.93. The molecule has 0 aromatic heterocycles. The highest BCUT2D eigenvalue weighted by Crippen LogP contribution is 2.28. The van der Waals surface area contributed by atoms with Crippen molar-refractivity contribution in [2.75, 3.05) is 25.1 Å². The van der Waals surface area contributed by atoms with E-state index in [-0.39, 0.29) is 31.0 Å². The predicted molar refractivity (Wildman–Crippen MR) is 76.6 cm³/mol. The third-order valence-electron chi connectivity index (χ3n) is 3.57. The van der Waals surface area contributed by atoms with E-state index in [0.717, 1.165) is 11.3 Å². The van der Waals surface area contributed by atoms with Crippen LogP contribution in [0.3, 0.4) is 0 Å². The van der Waals surface area contributed by atoms with E-state index < -0.39 is 13.0 Å². The zero-order valence-electron chi connectivity index (χ0n) is 11.9.